The lowest BCUT2D eigenvalue weighted by Gasteiger charge is -2.11. The van der Waals surface area contributed by atoms with E-state index in [0.717, 1.165) is 5.56 Å². The molecule has 66 valence electrons. The normalized spacial score (nSPS) is 13.0. The Morgan fingerprint density at radius 3 is 2.75 bits per heavy atom. The Kier molecular flexibility index (Phi) is 2.78. The first-order valence-corrected chi connectivity index (χ1v) is 3.87. The van der Waals surface area contributed by atoms with Crippen LogP contribution in [0.3, 0.4) is 0 Å². The third-order valence-corrected chi connectivity index (χ3v) is 1.87. The van der Waals surface area contributed by atoms with Crippen LogP contribution in [0.1, 0.15) is 24.1 Å². The van der Waals surface area contributed by atoms with Crippen LogP contribution in [0.5, 0.6) is 0 Å². The van der Waals surface area contributed by atoms with Crippen molar-refractivity contribution in [1.29, 1.82) is 0 Å². The van der Waals surface area contributed by atoms with Gasteiger partial charge in [-0.1, -0.05) is 17.7 Å². The Balaban J connectivity index is 3.04. The summed E-state index contributed by atoms with van der Waals surface area (Å²) in [7, 11) is 0. The highest BCUT2D eigenvalue weighted by Gasteiger charge is 2.08. The maximum atomic E-state index is 13.1. The zero-order valence-corrected chi connectivity index (χ0v) is 7.26. The lowest BCUT2D eigenvalue weighted by atomic mass is 10.1. The Labute approximate surface area is 71.6 Å². The predicted octanol–water partition coefficient (Wildman–Crippen LogP) is 1.66. The lowest BCUT2D eigenvalue weighted by Crippen LogP contribution is -2.26. The Morgan fingerprint density at radius 2 is 2.17 bits per heavy atom. The second-order valence-corrected chi connectivity index (χ2v) is 2.91. The van der Waals surface area contributed by atoms with E-state index in [1.165, 1.54) is 6.07 Å². The van der Waals surface area contributed by atoms with Crippen molar-refractivity contribution < 1.29 is 4.39 Å². The highest BCUT2D eigenvalue weighted by molar-refractivity contribution is 5.26. The molecule has 0 fully saturated rings. The molecule has 0 aromatic heterocycles. The van der Waals surface area contributed by atoms with Crippen molar-refractivity contribution in [3.8, 4) is 0 Å². The third-order valence-electron chi connectivity index (χ3n) is 1.87. The number of rotatable bonds is 2. The Morgan fingerprint density at radius 1 is 1.50 bits per heavy atom. The number of nitrogens with two attached hydrogens (primary N) is 1. The summed E-state index contributed by atoms with van der Waals surface area (Å²) in [4.78, 5) is 0. The molecular weight excluding hydrogens is 155 g/mol. The van der Waals surface area contributed by atoms with Gasteiger partial charge in [0.05, 0.1) is 0 Å². The molecular formula is C9H13FN2. The number of nitrogens with one attached hydrogen (secondary N) is 1. The first-order chi connectivity index (χ1) is 5.65. The van der Waals surface area contributed by atoms with Gasteiger partial charge in [-0.2, -0.15) is 0 Å². The molecule has 0 aliphatic rings. The van der Waals surface area contributed by atoms with Crippen molar-refractivity contribution in [2.45, 2.75) is 19.9 Å². The molecule has 12 heavy (non-hydrogen) atoms. The highest BCUT2D eigenvalue weighted by atomic mass is 19.1. The van der Waals surface area contributed by atoms with E-state index in [0.29, 0.717) is 5.56 Å². The summed E-state index contributed by atoms with van der Waals surface area (Å²) in [5, 5.41) is 0. The first-order valence-electron chi connectivity index (χ1n) is 3.87. The minimum Gasteiger partial charge on any atom is -0.271 e. The summed E-state index contributed by atoms with van der Waals surface area (Å²) >= 11 is 0. The molecule has 1 aromatic rings. The number of hydrazine groups is 1. The standard InChI is InChI=1S/C9H13FN2/c1-6-3-4-9(10)8(5-6)7(2)12-11/h3-5,7,12H,11H2,1-2H3/t7-/m1/s1. The van der Waals surface area contributed by atoms with Crippen molar-refractivity contribution in [3.05, 3.63) is 35.1 Å². The van der Waals surface area contributed by atoms with E-state index in [1.54, 1.807) is 12.1 Å². The topological polar surface area (TPSA) is 38.0 Å². The number of hydrogen-bond acceptors (Lipinski definition) is 2. The molecule has 3 N–H and O–H groups in total. The molecule has 0 spiro atoms. The van der Waals surface area contributed by atoms with E-state index >= 15 is 0 Å². The summed E-state index contributed by atoms with van der Waals surface area (Å²) < 4.78 is 13.1. The summed E-state index contributed by atoms with van der Waals surface area (Å²) in [6, 6.07) is 4.84. The van der Waals surface area contributed by atoms with Gasteiger partial charge >= 0.3 is 0 Å². The molecule has 0 heterocycles. The quantitative estimate of drug-likeness (QED) is 0.520. The first kappa shape index (κ1) is 9.16. The van der Waals surface area contributed by atoms with E-state index < -0.39 is 0 Å². The van der Waals surface area contributed by atoms with Crippen molar-refractivity contribution >= 4 is 0 Å². The van der Waals surface area contributed by atoms with E-state index in [2.05, 4.69) is 5.43 Å². The van der Waals surface area contributed by atoms with Gasteiger partial charge in [0, 0.05) is 11.6 Å². The number of halogens is 1. The highest BCUT2D eigenvalue weighted by Crippen LogP contribution is 2.16. The minimum absolute atomic E-state index is 0.148. The molecule has 2 nitrogen and oxygen atoms in total. The Bertz CT molecular complexity index is 273. The molecule has 0 bridgehead atoms. The van der Waals surface area contributed by atoms with Gasteiger partial charge in [0.2, 0.25) is 0 Å². The van der Waals surface area contributed by atoms with Crippen molar-refractivity contribution in [2.24, 2.45) is 5.84 Å². The number of aryl methyl sites for hydroxylation is 1. The van der Waals surface area contributed by atoms with Gasteiger partial charge in [-0.15, -0.1) is 0 Å². The van der Waals surface area contributed by atoms with E-state index in [4.69, 9.17) is 5.84 Å². The van der Waals surface area contributed by atoms with Crippen LogP contribution < -0.4 is 11.3 Å². The molecule has 1 aromatic carbocycles. The largest absolute Gasteiger partial charge is 0.271 e. The lowest BCUT2D eigenvalue weighted by molar-refractivity contribution is 0.541. The van der Waals surface area contributed by atoms with Crippen molar-refractivity contribution in [1.82, 2.24) is 5.43 Å². The van der Waals surface area contributed by atoms with E-state index in [-0.39, 0.29) is 11.9 Å². The molecule has 3 heteroatoms. The van der Waals surface area contributed by atoms with Crippen LogP contribution in [0, 0.1) is 12.7 Å². The van der Waals surface area contributed by atoms with Gasteiger partial charge in [-0.3, -0.25) is 11.3 Å². The zero-order chi connectivity index (χ0) is 9.14. The molecule has 1 atom stereocenters. The van der Waals surface area contributed by atoms with Crippen LogP contribution >= 0.6 is 0 Å². The second-order valence-electron chi connectivity index (χ2n) is 2.91. The van der Waals surface area contributed by atoms with Crippen molar-refractivity contribution in [3.63, 3.8) is 0 Å². The molecule has 1 rings (SSSR count). The molecule has 0 saturated heterocycles. The van der Waals surface area contributed by atoms with Crippen molar-refractivity contribution in [2.75, 3.05) is 0 Å². The predicted molar refractivity (Wildman–Crippen MR) is 46.9 cm³/mol. The fourth-order valence-electron chi connectivity index (χ4n) is 1.08. The monoisotopic (exact) mass is 168 g/mol. The van der Waals surface area contributed by atoms with Crippen LogP contribution in [-0.4, -0.2) is 0 Å². The van der Waals surface area contributed by atoms with Gasteiger partial charge in [0.25, 0.3) is 0 Å². The Hall–Kier alpha value is -0.930. The maximum absolute atomic E-state index is 13.1. The second kappa shape index (κ2) is 3.65. The average molecular weight is 168 g/mol. The summed E-state index contributed by atoms with van der Waals surface area (Å²) in [6.45, 7) is 3.74. The fraction of sp³-hybridized carbons (Fsp3) is 0.333. The van der Waals surface area contributed by atoms with Gasteiger partial charge in [0.1, 0.15) is 5.82 Å². The smallest absolute Gasteiger partial charge is 0.128 e. The number of hydrogen-bond donors (Lipinski definition) is 2. The van der Waals surface area contributed by atoms with Crippen LogP contribution in [0.15, 0.2) is 18.2 Å². The molecule has 0 unspecified atom stereocenters. The third kappa shape index (κ3) is 1.81. The van der Waals surface area contributed by atoms with Gasteiger partial charge in [-0.25, -0.2) is 4.39 Å². The summed E-state index contributed by atoms with van der Waals surface area (Å²) in [5.41, 5.74) is 4.15. The molecule has 0 amide bonds. The average Bonchev–Trinajstić information content (AvgIpc) is 2.08. The molecule has 0 aliphatic heterocycles. The fourth-order valence-corrected chi connectivity index (χ4v) is 1.08. The zero-order valence-electron chi connectivity index (χ0n) is 7.26. The summed E-state index contributed by atoms with van der Waals surface area (Å²) in [6.07, 6.45) is 0. The molecule has 0 radical (unpaired) electrons. The summed E-state index contributed by atoms with van der Waals surface area (Å²) in [5.74, 6) is 4.99. The van der Waals surface area contributed by atoms with Gasteiger partial charge in [0.15, 0.2) is 0 Å². The van der Waals surface area contributed by atoms with Crippen LogP contribution in [-0.2, 0) is 0 Å². The molecule has 0 aliphatic carbocycles. The van der Waals surface area contributed by atoms with Crippen LogP contribution in [0.4, 0.5) is 4.39 Å². The van der Waals surface area contributed by atoms with Crippen LogP contribution in [0.2, 0.25) is 0 Å². The minimum atomic E-state index is -0.217. The van der Waals surface area contributed by atoms with Gasteiger partial charge in [-0.05, 0) is 19.9 Å². The van der Waals surface area contributed by atoms with E-state index in [9.17, 15) is 4.39 Å². The van der Waals surface area contributed by atoms with Crippen LogP contribution in [0.25, 0.3) is 0 Å². The molecule has 0 saturated carbocycles. The van der Waals surface area contributed by atoms with E-state index in [1.807, 2.05) is 13.8 Å². The SMILES string of the molecule is Cc1ccc(F)c([C@@H](C)NN)c1. The number of benzene rings is 1. The van der Waals surface area contributed by atoms with Gasteiger partial charge < -0.3 is 0 Å². The maximum Gasteiger partial charge on any atom is 0.128 e.